The topological polar surface area (TPSA) is 74.0 Å². The lowest BCUT2D eigenvalue weighted by Crippen LogP contribution is -2.29. The number of carbonyl (C=O) groups excluding carboxylic acids is 1. The molecule has 0 saturated heterocycles. The van der Waals surface area contributed by atoms with Gasteiger partial charge in [-0.05, 0) is 25.4 Å². The highest BCUT2D eigenvalue weighted by Gasteiger charge is 2.12. The molecule has 110 valence electrons. The molecule has 0 aliphatic heterocycles. The molecule has 0 radical (unpaired) electrons. The number of nitriles is 1. The van der Waals surface area contributed by atoms with Gasteiger partial charge in [0, 0.05) is 25.4 Å². The number of nitrogens with zero attached hydrogens (tertiary/aromatic N) is 4. The van der Waals surface area contributed by atoms with E-state index in [-0.39, 0.29) is 12.5 Å². The van der Waals surface area contributed by atoms with Gasteiger partial charge >= 0.3 is 0 Å². The molecule has 0 aromatic carbocycles. The maximum absolute atomic E-state index is 12.0. The molecule has 21 heavy (non-hydrogen) atoms. The van der Waals surface area contributed by atoms with E-state index in [0.29, 0.717) is 17.1 Å². The van der Waals surface area contributed by atoms with Crippen LogP contribution in [-0.2, 0) is 18.4 Å². The first-order valence-electron chi connectivity index (χ1n) is 6.44. The van der Waals surface area contributed by atoms with E-state index in [1.807, 2.05) is 32.1 Å². The molecule has 2 aromatic rings. The molecule has 0 fully saturated rings. The fraction of sp³-hybridized carbons (Fsp3) is 0.357. The van der Waals surface area contributed by atoms with Gasteiger partial charge in [-0.15, -0.1) is 11.3 Å². The summed E-state index contributed by atoms with van der Waals surface area (Å²) >= 11 is 1.35. The lowest BCUT2D eigenvalue weighted by Gasteiger charge is -2.15. The summed E-state index contributed by atoms with van der Waals surface area (Å²) in [5, 5.41) is 18.4. The van der Waals surface area contributed by atoms with E-state index in [1.54, 1.807) is 16.1 Å². The summed E-state index contributed by atoms with van der Waals surface area (Å²) in [5.41, 5.74) is 2.57. The van der Waals surface area contributed by atoms with E-state index in [4.69, 9.17) is 5.26 Å². The van der Waals surface area contributed by atoms with Crippen LogP contribution in [0.25, 0.3) is 0 Å². The Bertz CT molecular complexity index is 682. The number of aryl methyl sites for hydroxylation is 2. The van der Waals surface area contributed by atoms with Gasteiger partial charge in [-0.1, -0.05) is 0 Å². The second kappa shape index (κ2) is 6.52. The summed E-state index contributed by atoms with van der Waals surface area (Å²) in [6.45, 7) is 2.87. The Balaban J connectivity index is 1.91. The number of aromatic nitrogens is 2. The smallest absolute Gasteiger partial charge is 0.239 e. The van der Waals surface area contributed by atoms with Crippen LogP contribution in [0.1, 0.15) is 16.8 Å². The van der Waals surface area contributed by atoms with Gasteiger partial charge in [0.05, 0.1) is 17.8 Å². The number of rotatable bonds is 5. The van der Waals surface area contributed by atoms with E-state index in [0.717, 1.165) is 11.3 Å². The number of anilines is 1. The molecule has 0 unspecified atom stereocenters. The molecule has 6 nitrogen and oxygen atoms in total. The fourth-order valence-corrected chi connectivity index (χ4v) is 2.81. The van der Waals surface area contributed by atoms with Gasteiger partial charge in [0.15, 0.2) is 0 Å². The quantitative estimate of drug-likeness (QED) is 0.913. The van der Waals surface area contributed by atoms with Crippen LogP contribution >= 0.6 is 11.3 Å². The number of nitrogens with one attached hydrogen (secondary N) is 1. The van der Waals surface area contributed by atoms with Crippen molar-refractivity contribution in [1.82, 2.24) is 14.7 Å². The summed E-state index contributed by atoms with van der Waals surface area (Å²) < 4.78 is 1.77. The van der Waals surface area contributed by atoms with Crippen molar-refractivity contribution in [3.63, 3.8) is 0 Å². The molecule has 0 spiro atoms. The van der Waals surface area contributed by atoms with Gasteiger partial charge in [0.2, 0.25) is 5.91 Å². The molecule has 0 atom stereocenters. The van der Waals surface area contributed by atoms with Crippen molar-refractivity contribution in [3.8, 4) is 6.07 Å². The van der Waals surface area contributed by atoms with E-state index in [2.05, 4.69) is 16.5 Å². The third kappa shape index (κ3) is 3.90. The lowest BCUT2D eigenvalue weighted by molar-refractivity contribution is -0.117. The molecule has 7 heteroatoms. The highest BCUT2D eigenvalue weighted by molar-refractivity contribution is 7.14. The number of likely N-dealkylation sites (N-methyl/N-ethyl adjacent to an activating group) is 1. The molecule has 0 aliphatic rings. The van der Waals surface area contributed by atoms with Gasteiger partial charge in [-0.3, -0.25) is 14.4 Å². The third-order valence-electron chi connectivity index (χ3n) is 3.01. The van der Waals surface area contributed by atoms with Crippen LogP contribution < -0.4 is 5.32 Å². The molecule has 2 heterocycles. The van der Waals surface area contributed by atoms with Gasteiger partial charge in [-0.25, -0.2) is 0 Å². The van der Waals surface area contributed by atoms with Crippen LogP contribution in [-0.4, -0.2) is 34.2 Å². The van der Waals surface area contributed by atoms with Crippen molar-refractivity contribution in [2.24, 2.45) is 7.05 Å². The summed E-state index contributed by atoms with van der Waals surface area (Å²) in [6, 6.07) is 3.75. The molecule has 0 aliphatic carbocycles. The second-order valence-corrected chi connectivity index (χ2v) is 5.83. The van der Waals surface area contributed by atoms with E-state index >= 15 is 0 Å². The standard InChI is InChI=1S/C14H17N5OS/c1-10-12(8-19(3)17-10)7-18(2)9-13(20)16-14-11(6-15)4-5-21-14/h4-5,8H,7,9H2,1-3H3,(H,16,20). The summed E-state index contributed by atoms with van der Waals surface area (Å²) in [4.78, 5) is 13.9. The minimum Gasteiger partial charge on any atom is -0.315 e. The summed E-state index contributed by atoms with van der Waals surface area (Å²) in [6.07, 6.45) is 1.96. The third-order valence-corrected chi connectivity index (χ3v) is 3.84. The number of amides is 1. The second-order valence-electron chi connectivity index (χ2n) is 4.91. The largest absolute Gasteiger partial charge is 0.315 e. The molecule has 1 amide bonds. The lowest BCUT2D eigenvalue weighted by atomic mass is 10.2. The van der Waals surface area contributed by atoms with Crippen molar-refractivity contribution in [2.45, 2.75) is 13.5 Å². The van der Waals surface area contributed by atoms with E-state index in [1.165, 1.54) is 11.3 Å². The number of thiophene rings is 1. The van der Waals surface area contributed by atoms with Crippen LogP contribution in [0, 0.1) is 18.3 Å². The maximum Gasteiger partial charge on any atom is 0.239 e. The molecule has 0 saturated carbocycles. The highest BCUT2D eigenvalue weighted by Crippen LogP contribution is 2.21. The zero-order valence-electron chi connectivity index (χ0n) is 12.3. The van der Waals surface area contributed by atoms with Crippen LogP contribution in [0.5, 0.6) is 0 Å². The Labute approximate surface area is 127 Å². The monoisotopic (exact) mass is 303 g/mol. The van der Waals surface area contributed by atoms with Gasteiger partial charge in [0.1, 0.15) is 11.1 Å². The minimum atomic E-state index is -0.127. The Morgan fingerprint density at radius 3 is 3.00 bits per heavy atom. The molecule has 2 rings (SSSR count). The number of carbonyl (C=O) groups is 1. The van der Waals surface area contributed by atoms with Crippen molar-refractivity contribution in [3.05, 3.63) is 34.5 Å². The van der Waals surface area contributed by atoms with Gasteiger partial charge in [-0.2, -0.15) is 10.4 Å². The fourth-order valence-electron chi connectivity index (χ4n) is 2.06. The Kier molecular flexibility index (Phi) is 4.73. The highest BCUT2D eigenvalue weighted by atomic mass is 32.1. The number of hydrogen-bond donors (Lipinski definition) is 1. The van der Waals surface area contributed by atoms with E-state index in [9.17, 15) is 4.79 Å². The maximum atomic E-state index is 12.0. The number of hydrogen-bond acceptors (Lipinski definition) is 5. The average Bonchev–Trinajstić information content (AvgIpc) is 2.96. The van der Waals surface area contributed by atoms with Gasteiger partial charge < -0.3 is 5.32 Å². The zero-order valence-corrected chi connectivity index (χ0v) is 13.1. The van der Waals surface area contributed by atoms with Crippen molar-refractivity contribution in [1.29, 1.82) is 5.26 Å². The summed E-state index contributed by atoms with van der Waals surface area (Å²) in [7, 11) is 3.76. The van der Waals surface area contributed by atoms with Crippen LogP contribution in [0.2, 0.25) is 0 Å². The Hall–Kier alpha value is -2.17. The first-order chi connectivity index (χ1) is 9.99. The van der Waals surface area contributed by atoms with E-state index < -0.39 is 0 Å². The Morgan fingerprint density at radius 2 is 2.38 bits per heavy atom. The van der Waals surface area contributed by atoms with Crippen molar-refractivity contribution in [2.75, 3.05) is 18.9 Å². The van der Waals surface area contributed by atoms with Crippen LogP contribution in [0.15, 0.2) is 17.6 Å². The predicted octanol–water partition coefficient (Wildman–Crippen LogP) is 1.73. The first kappa shape index (κ1) is 15.2. The molecular weight excluding hydrogens is 286 g/mol. The molecular formula is C14H17N5OS. The van der Waals surface area contributed by atoms with Crippen LogP contribution in [0.4, 0.5) is 5.00 Å². The van der Waals surface area contributed by atoms with Crippen LogP contribution in [0.3, 0.4) is 0 Å². The summed E-state index contributed by atoms with van der Waals surface area (Å²) in [5.74, 6) is -0.127. The molecule has 2 aromatic heterocycles. The average molecular weight is 303 g/mol. The molecule has 1 N–H and O–H groups in total. The minimum absolute atomic E-state index is 0.127. The Morgan fingerprint density at radius 1 is 1.62 bits per heavy atom. The zero-order chi connectivity index (χ0) is 15.4. The SMILES string of the molecule is Cc1nn(C)cc1CN(C)CC(=O)Nc1sccc1C#N. The first-order valence-corrected chi connectivity index (χ1v) is 7.32. The molecule has 0 bridgehead atoms. The predicted molar refractivity (Wildman–Crippen MR) is 81.9 cm³/mol. The van der Waals surface area contributed by atoms with Gasteiger partial charge in [0.25, 0.3) is 0 Å². The normalized spacial score (nSPS) is 10.6. The van der Waals surface area contributed by atoms with Crippen molar-refractivity contribution >= 4 is 22.2 Å². The van der Waals surface area contributed by atoms with Crippen molar-refractivity contribution < 1.29 is 4.79 Å².